The van der Waals surface area contributed by atoms with Crippen molar-refractivity contribution < 1.29 is 14.3 Å². The molecule has 1 amide bonds. The zero-order valence-electron chi connectivity index (χ0n) is 17.3. The second kappa shape index (κ2) is 11.5. The van der Waals surface area contributed by atoms with Gasteiger partial charge in [0.2, 0.25) is 5.91 Å². The van der Waals surface area contributed by atoms with Crippen molar-refractivity contribution in [2.45, 2.75) is 26.4 Å². The van der Waals surface area contributed by atoms with E-state index >= 15 is 0 Å². The number of anilines is 2. The smallest absolute Gasteiger partial charge is 0.243 e. The number of hydrogen-bond donors (Lipinski definition) is 2. The first kappa shape index (κ1) is 21.2. The lowest BCUT2D eigenvalue weighted by molar-refractivity contribution is -0.114. The first-order chi connectivity index (χ1) is 14.7. The standard InChI is InChI=1S/C25H28N2O3/c1-2-3-16-29-22-13-9-12-21(17-22)26-18-25(28)27-23-14-7-8-15-24(23)30-19-20-10-5-4-6-11-20/h4-15,17,26H,2-3,16,18-19H2,1H3,(H,27,28). The van der Waals surface area contributed by atoms with Crippen LogP contribution in [-0.2, 0) is 11.4 Å². The van der Waals surface area contributed by atoms with Crippen molar-refractivity contribution in [3.8, 4) is 11.5 Å². The number of carbonyl (C=O) groups is 1. The maximum Gasteiger partial charge on any atom is 0.243 e. The van der Waals surface area contributed by atoms with Gasteiger partial charge in [-0.3, -0.25) is 4.79 Å². The molecule has 0 saturated heterocycles. The Morgan fingerprint density at radius 2 is 1.70 bits per heavy atom. The number of rotatable bonds is 11. The highest BCUT2D eigenvalue weighted by molar-refractivity contribution is 5.95. The molecule has 0 heterocycles. The molecule has 0 bridgehead atoms. The van der Waals surface area contributed by atoms with Crippen LogP contribution in [0.1, 0.15) is 25.3 Å². The van der Waals surface area contributed by atoms with Gasteiger partial charge in [-0.2, -0.15) is 0 Å². The molecule has 0 fully saturated rings. The van der Waals surface area contributed by atoms with Crippen molar-refractivity contribution in [3.05, 3.63) is 84.4 Å². The van der Waals surface area contributed by atoms with E-state index in [-0.39, 0.29) is 12.5 Å². The lowest BCUT2D eigenvalue weighted by Crippen LogP contribution is -2.22. The van der Waals surface area contributed by atoms with Crippen LogP contribution in [0.5, 0.6) is 11.5 Å². The van der Waals surface area contributed by atoms with Crippen molar-refractivity contribution in [3.63, 3.8) is 0 Å². The first-order valence-corrected chi connectivity index (χ1v) is 10.3. The van der Waals surface area contributed by atoms with Crippen LogP contribution in [-0.4, -0.2) is 19.1 Å². The van der Waals surface area contributed by atoms with Crippen LogP contribution < -0.4 is 20.1 Å². The molecule has 3 rings (SSSR count). The molecule has 0 aliphatic heterocycles. The minimum atomic E-state index is -0.150. The SMILES string of the molecule is CCCCOc1cccc(NCC(=O)Nc2ccccc2OCc2ccccc2)c1. The Morgan fingerprint density at radius 3 is 2.53 bits per heavy atom. The number of carbonyl (C=O) groups excluding carboxylic acids is 1. The van der Waals surface area contributed by atoms with Gasteiger partial charge in [0.15, 0.2) is 0 Å². The maximum atomic E-state index is 12.4. The zero-order chi connectivity index (χ0) is 21.0. The highest BCUT2D eigenvalue weighted by atomic mass is 16.5. The predicted molar refractivity (Wildman–Crippen MR) is 121 cm³/mol. The van der Waals surface area contributed by atoms with E-state index in [1.165, 1.54) is 0 Å². The molecule has 0 aliphatic carbocycles. The highest BCUT2D eigenvalue weighted by Crippen LogP contribution is 2.25. The number of nitrogens with one attached hydrogen (secondary N) is 2. The van der Waals surface area contributed by atoms with E-state index in [0.717, 1.165) is 29.8 Å². The lowest BCUT2D eigenvalue weighted by Gasteiger charge is -2.13. The van der Waals surface area contributed by atoms with Crippen molar-refractivity contribution >= 4 is 17.3 Å². The third kappa shape index (κ3) is 6.85. The van der Waals surface area contributed by atoms with Gasteiger partial charge >= 0.3 is 0 Å². The summed E-state index contributed by atoms with van der Waals surface area (Å²) in [5, 5.41) is 6.06. The Hall–Kier alpha value is -3.47. The molecular formula is C25H28N2O3. The van der Waals surface area contributed by atoms with Crippen LogP contribution in [0.25, 0.3) is 0 Å². The Morgan fingerprint density at radius 1 is 0.900 bits per heavy atom. The molecule has 0 atom stereocenters. The molecule has 3 aromatic carbocycles. The zero-order valence-corrected chi connectivity index (χ0v) is 17.3. The van der Waals surface area contributed by atoms with Crippen molar-refractivity contribution in [1.82, 2.24) is 0 Å². The Labute approximate surface area is 178 Å². The molecule has 30 heavy (non-hydrogen) atoms. The summed E-state index contributed by atoms with van der Waals surface area (Å²) in [6.07, 6.45) is 2.11. The largest absolute Gasteiger partial charge is 0.494 e. The Balaban J connectivity index is 1.52. The number of benzene rings is 3. The van der Waals surface area contributed by atoms with Gasteiger partial charge < -0.3 is 20.1 Å². The van der Waals surface area contributed by atoms with Crippen LogP contribution >= 0.6 is 0 Å². The minimum Gasteiger partial charge on any atom is -0.494 e. The predicted octanol–water partition coefficient (Wildman–Crippen LogP) is 5.50. The fourth-order valence-electron chi connectivity index (χ4n) is 2.84. The van der Waals surface area contributed by atoms with E-state index in [0.29, 0.717) is 24.7 Å². The maximum absolute atomic E-state index is 12.4. The van der Waals surface area contributed by atoms with Crippen LogP contribution in [0.4, 0.5) is 11.4 Å². The van der Waals surface area contributed by atoms with Crippen LogP contribution in [0.2, 0.25) is 0 Å². The summed E-state index contributed by atoms with van der Waals surface area (Å²) in [6, 6.07) is 25.0. The molecule has 5 heteroatoms. The van der Waals surface area contributed by atoms with Crippen LogP contribution in [0.15, 0.2) is 78.9 Å². The molecule has 0 unspecified atom stereocenters. The van der Waals surface area contributed by atoms with Gasteiger partial charge in [0.1, 0.15) is 18.1 Å². The summed E-state index contributed by atoms with van der Waals surface area (Å²) < 4.78 is 11.6. The van der Waals surface area contributed by atoms with E-state index in [1.54, 1.807) is 0 Å². The average Bonchev–Trinajstić information content (AvgIpc) is 2.78. The third-order valence-corrected chi connectivity index (χ3v) is 4.45. The second-order valence-electron chi connectivity index (χ2n) is 6.90. The van der Waals surface area contributed by atoms with Gasteiger partial charge in [-0.25, -0.2) is 0 Å². The molecule has 0 aromatic heterocycles. The average molecular weight is 405 g/mol. The molecule has 0 aliphatic rings. The Kier molecular flexibility index (Phi) is 8.15. The van der Waals surface area contributed by atoms with Gasteiger partial charge in [0, 0.05) is 11.8 Å². The van der Waals surface area contributed by atoms with Crippen LogP contribution in [0.3, 0.4) is 0 Å². The molecule has 0 spiro atoms. The monoisotopic (exact) mass is 404 g/mol. The number of hydrogen-bond acceptors (Lipinski definition) is 4. The van der Waals surface area contributed by atoms with Gasteiger partial charge in [-0.1, -0.05) is 61.9 Å². The van der Waals surface area contributed by atoms with Gasteiger partial charge in [-0.15, -0.1) is 0 Å². The summed E-state index contributed by atoms with van der Waals surface area (Å²) >= 11 is 0. The summed E-state index contributed by atoms with van der Waals surface area (Å²) in [7, 11) is 0. The summed E-state index contributed by atoms with van der Waals surface area (Å²) in [6.45, 7) is 3.41. The van der Waals surface area contributed by atoms with Crippen LogP contribution in [0, 0.1) is 0 Å². The Bertz CT molecular complexity index is 928. The highest BCUT2D eigenvalue weighted by Gasteiger charge is 2.08. The molecule has 3 aromatic rings. The number of ether oxygens (including phenoxy) is 2. The lowest BCUT2D eigenvalue weighted by atomic mass is 10.2. The molecule has 2 N–H and O–H groups in total. The summed E-state index contributed by atoms with van der Waals surface area (Å²) in [5.41, 5.74) is 2.56. The number of amides is 1. The molecule has 0 saturated carbocycles. The molecule has 156 valence electrons. The van der Waals surface area contributed by atoms with E-state index in [4.69, 9.17) is 9.47 Å². The van der Waals surface area contributed by atoms with Crippen molar-refractivity contribution in [2.75, 3.05) is 23.8 Å². The molecule has 0 radical (unpaired) electrons. The van der Waals surface area contributed by atoms with Crippen molar-refractivity contribution in [1.29, 1.82) is 0 Å². The summed E-state index contributed by atoms with van der Waals surface area (Å²) in [5.74, 6) is 1.29. The molecular weight excluding hydrogens is 376 g/mol. The quantitative estimate of drug-likeness (QED) is 0.415. The van der Waals surface area contributed by atoms with Gasteiger partial charge in [-0.05, 0) is 36.2 Å². The van der Waals surface area contributed by atoms with Gasteiger partial charge in [0.25, 0.3) is 0 Å². The second-order valence-corrected chi connectivity index (χ2v) is 6.90. The normalized spacial score (nSPS) is 10.3. The number of para-hydroxylation sites is 2. The van der Waals surface area contributed by atoms with E-state index in [9.17, 15) is 4.79 Å². The topological polar surface area (TPSA) is 59.6 Å². The van der Waals surface area contributed by atoms with Gasteiger partial charge in [0.05, 0.1) is 18.8 Å². The van der Waals surface area contributed by atoms with Crippen molar-refractivity contribution in [2.24, 2.45) is 0 Å². The van der Waals surface area contributed by atoms with E-state index < -0.39 is 0 Å². The fraction of sp³-hybridized carbons (Fsp3) is 0.240. The number of unbranched alkanes of at least 4 members (excludes halogenated alkanes) is 1. The third-order valence-electron chi connectivity index (χ3n) is 4.45. The van der Waals surface area contributed by atoms with E-state index in [1.807, 2.05) is 78.9 Å². The minimum absolute atomic E-state index is 0.144. The van der Waals surface area contributed by atoms with E-state index in [2.05, 4.69) is 17.6 Å². The molecule has 5 nitrogen and oxygen atoms in total. The first-order valence-electron chi connectivity index (χ1n) is 10.3. The summed E-state index contributed by atoms with van der Waals surface area (Å²) in [4.78, 5) is 12.4. The fourth-order valence-corrected chi connectivity index (χ4v) is 2.84.